The Balaban J connectivity index is 1.63. The van der Waals surface area contributed by atoms with Gasteiger partial charge in [-0.15, -0.1) is 0 Å². The van der Waals surface area contributed by atoms with E-state index in [2.05, 4.69) is 27.6 Å². The van der Waals surface area contributed by atoms with Crippen LogP contribution in [-0.2, 0) is 4.79 Å². The summed E-state index contributed by atoms with van der Waals surface area (Å²) in [7, 11) is 0. The minimum Gasteiger partial charge on any atom is -0.366 e. The van der Waals surface area contributed by atoms with E-state index in [1.165, 1.54) is 0 Å². The number of aromatic nitrogens is 2. The zero-order valence-corrected chi connectivity index (χ0v) is 17.0. The summed E-state index contributed by atoms with van der Waals surface area (Å²) in [6, 6.07) is 19.7. The fourth-order valence-corrected chi connectivity index (χ4v) is 4.44. The van der Waals surface area contributed by atoms with Crippen molar-refractivity contribution in [3.05, 3.63) is 83.7 Å². The van der Waals surface area contributed by atoms with E-state index in [1.54, 1.807) is 6.20 Å². The lowest BCUT2D eigenvalue weighted by Gasteiger charge is -2.37. The van der Waals surface area contributed by atoms with Gasteiger partial charge in [-0.25, -0.2) is 0 Å². The number of H-pyrrole nitrogens is 1. The van der Waals surface area contributed by atoms with Crippen LogP contribution in [0, 0.1) is 0 Å². The molecule has 0 saturated carbocycles. The summed E-state index contributed by atoms with van der Waals surface area (Å²) in [6.07, 6.45) is 1.76. The van der Waals surface area contributed by atoms with Crippen LogP contribution >= 0.6 is 12.2 Å². The number of anilines is 1. The van der Waals surface area contributed by atoms with Crippen molar-refractivity contribution >= 4 is 50.6 Å². The lowest BCUT2D eigenvalue weighted by Crippen LogP contribution is -2.48. The van der Waals surface area contributed by atoms with Crippen molar-refractivity contribution < 1.29 is 4.79 Å². The molecule has 1 aliphatic rings. The fraction of sp³-hybridized carbons (Fsp3) is 0.0870. The summed E-state index contributed by atoms with van der Waals surface area (Å²) in [6.45, 7) is 1.88. The Hall–Kier alpha value is -3.71. The number of allylic oxidation sites excluding steroid dienone is 1. The molecular weight excluding hydrogens is 394 g/mol. The lowest BCUT2D eigenvalue weighted by atomic mass is 9.92. The largest absolute Gasteiger partial charge is 0.366 e. The molecule has 0 radical (unpaired) electrons. The minimum atomic E-state index is -0.477. The first-order valence-corrected chi connectivity index (χ1v) is 9.97. The Kier molecular flexibility index (Phi) is 4.25. The number of hydrogen-bond acceptors (Lipinski definition) is 3. The van der Waals surface area contributed by atoms with Gasteiger partial charge in [-0.1, -0.05) is 36.4 Å². The maximum atomic E-state index is 12.5. The minimum absolute atomic E-state index is 0.409. The Morgan fingerprint density at radius 1 is 1.07 bits per heavy atom. The van der Waals surface area contributed by atoms with Gasteiger partial charge in [0.1, 0.15) is 0 Å². The molecule has 0 saturated heterocycles. The number of thiocarbonyl (C=S) groups is 1. The average Bonchev–Trinajstić information content (AvgIpc) is 3.20. The highest BCUT2D eigenvalue weighted by atomic mass is 32.1. The fourth-order valence-electron chi connectivity index (χ4n) is 4.08. The van der Waals surface area contributed by atoms with Crippen molar-refractivity contribution in [1.29, 1.82) is 0 Å². The van der Waals surface area contributed by atoms with Crippen LogP contribution in [0.25, 0.3) is 21.7 Å². The maximum absolute atomic E-state index is 12.5. The molecule has 0 bridgehead atoms. The highest BCUT2D eigenvalue weighted by molar-refractivity contribution is 7.80. The molecule has 4 aromatic rings. The highest BCUT2D eigenvalue weighted by Gasteiger charge is 2.33. The maximum Gasteiger partial charge on any atom is 0.248 e. The van der Waals surface area contributed by atoms with Gasteiger partial charge >= 0.3 is 0 Å². The van der Waals surface area contributed by atoms with Crippen LogP contribution in [0.1, 0.15) is 18.5 Å². The van der Waals surface area contributed by atoms with E-state index in [1.807, 2.05) is 60.4 Å². The number of nitrogens with one attached hydrogen (secondary N) is 2. The van der Waals surface area contributed by atoms with E-state index in [4.69, 9.17) is 18.0 Å². The van der Waals surface area contributed by atoms with Gasteiger partial charge in [0.2, 0.25) is 5.91 Å². The van der Waals surface area contributed by atoms with Gasteiger partial charge in [0, 0.05) is 16.8 Å². The van der Waals surface area contributed by atoms with Crippen LogP contribution in [0.3, 0.4) is 0 Å². The molecule has 30 heavy (non-hydrogen) atoms. The summed E-state index contributed by atoms with van der Waals surface area (Å²) in [5.74, 6) is -0.477. The molecule has 1 aromatic heterocycles. The number of aromatic amines is 1. The van der Waals surface area contributed by atoms with Crippen LogP contribution in [0.5, 0.6) is 0 Å². The monoisotopic (exact) mass is 413 g/mol. The van der Waals surface area contributed by atoms with E-state index < -0.39 is 11.9 Å². The number of nitrogens with zero attached hydrogens (tertiary/aromatic N) is 2. The van der Waals surface area contributed by atoms with Gasteiger partial charge in [0.05, 0.1) is 23.3 Å². The van der Waals surface area contributed by atoms with Gasteiger partial charge in [-0.2, -0.15) is 5.10 Å². The summed E-state index contributed by atoms with van der Waals surface area (Å²) in [5.41, 5.74) is 9.76. The first-order chi connectivity index (χ1) is 14.5. The van der Waals surface area contributed by atoms with Crippen molar-refractivity contribution in [2.24, 2.45) is 5.73 Å². The molecule has 1 atom stereocenters. The molecule has 6 nitrogen and oxygen atoms in total. The number of rotatable bonds is 3. The Labute approximate surface area is 178 Å². The quantitative estimate of drug-likeness (QED) is 0.443. The molecule has 5 rings (SSSR count). The molecule has 0 spiro atoms. The summed E-state index contributed by atoms with van der Waals surface area (Å²) < 4.78 is 0. The Morgan fingerprint density at radius 2 is 1.87 bits per heavy atom. The molecule has 1 amide bonds. The smallest absolute Gasteiger partial charge is 0.248 e. The van der Waals surface area contributed by atoms with E-state index in [9.17, 15) is 4.79 Å². The van der Waals surface area contributed by atoms with Crippen molar-refractivity contribution in [1.82, 2.24) is 15.5 Å². The van der Waals surface area contributed by atoms with Crippen LogP contribution in [0.2, 0.25) is 0 Å². The van der Waals surface area contributed by atoms with E-state index in [0.717, 1.165) is 32.9 Å². The number of fused-ring (bicyclic) bond motifs is 2. The molecule has 1 unspecified atom stereocenters. The lowest BCUT2D eigenvalue weighted by molar-refractivity contribution is -0.115. The van der Waals surface area contributed by atoms with E-state index in [0.29, 0.717) is 16.4 Å². The van der Waals surface area contributed by atoms with Crippen LogP contribution < -0.4 is 16.0 Å². The first kappa shape index (κ1) is 18.3. The van der Waals surface area contributed by atoms with Crippen molar-refractivity contribution in [2.45, 2.75) is 13.0 Å². The normalized spacial score (nSPS) is 16.9. The second kappa shape index (κ2) is 6.96. The third kappa shape index (κ3) is 2.91. The molecule has 0 fully saturated rings. The van der Waals surface area contributed by atoms with Crippen LogP contribution in [0.4, 0.5) is 5.69 Å². The van der Waals surface area contributed by atoms with Crippen molar-refractivity contribution in [2.75, 3.05) is 4.90 Å². The Bertz CT molecular complexity index is 1360. The molecule has 1 aliphatic heterocycles. The number of carbonyl (C=O) groups is 1. The average molecular weight is 414 g/mol. The van der Waals surface area contributed by atoms with Gasteiger partial charge in [0.25, 0.3) is 0 Å². The topological polar surface area (TPSA) is 87.0 Å². The van der Waals surface area contributed by atoms with Gasteiger partial charge in [0.15, 0.2) is 5.11 Å². The number of amides is 1. The second-order valence-electron chi connectivity index (χ2n) is 7.33. The molecule has 3 aromatic carbocycles. The second-order valence-corrected chi connectivity index (χ2v) is 7.72. The molecule has 2 heterocycles. The summed E-state index contributed by atoms with van der Waals surface area (Å²) in [5, 5.41) is 14.0. The van der Waals surface area contributed by atoms with Gasteiger partial charge in [-0.3, -0.25) is 14.8 Å². The summed E-state index contributed by atoms with van der Waals surface area (Å²) >= 11 is 5.71. The van der Waals surface area contributed by atoms with Crippen LogP contribution in [-0.4, -0.2) is 21.2 Å². The molecule has 148 valence electrons. The molecule has 4 N–H and O–H groups in total. The predicted molar refractivity (Wildman–Crippen MR) is 123 cm³/mol. The zero-order chi connectivity index (χ0) is 20.8. The zero-order valence-electron chi connectivity index (χ0n) is 16.2. The SMILES string of the molecule is CC1=C(C(N)=O)C(c2ccc3ccccc3c2)NC(=S)N1c1ccc2[nH]ncc2c1. The van der Waals surface area contributed by atoms with Crippen molar-refractivity contribution in [3.63, 3.8) is 0 Å². The van der Waals surface area contributed by atoms with Gasteiger partial charge in [-0.05, 0) is 59.7 Å². The summed E-state index contributed by atoms with van der Waals surface area (Å²) in [4.78, 5) is 14.4. The number of benzene rings is 3. The molecule has 7 heteroatoms. The third-order valence-electron chi connectivity index (χ3n) is 5.54. The van der Waals surface area contributed by atoms with Gasteiger partial charge < -0.3 is 11.1 Å². The van der Waals surface area contributed by atoms with Crippen molar-refractivity contribution in [3.8, 4) is 0 Å². The highest BCUT2D eigenvalue weighted by Crippen LogP contribution is 2.35. The van der Waals surface area contributed by atoms with Crippen LogP contribution in [0.15, 0.2) is 78.1 Å². The number of hydrogen-bond donors (Lipinski definition) is 3. The van der Waals surface area contributed by atoms with E-state index >= 15 is 0 Å². The predicted octanol–water partition coefficient (Wildman–Crippen LogP) is 3.91. The third-order valence-corrected chi connectivity index (χ3v) is 5.84. The molecular formula is C23H19N5OS. The standard InChI is InChI=1S/C23H19N5OS/c1-13-20(22(24)29)21(16-7-6-14-4-2-3-5-15(14)10-16)26-23(30)28(13)18-8-9-19-17(11-18)12-25-27-19/h2-12,21H,1H3,(H2,24,29)(H,25,27)(H,26,30). The molecule has 0 aliphatic carbocycles. The Morgan fingerprint density at radius 3 is 2.67 bits per heavy atom. The number of carbonyl (C=O) groups excluding carboxylic acids is 1. The number of primary amides is 1. The number of nitrogens with two attached hydrogens (primary N) is 1. The van der Waals surface area contributed by atoms with E-state index in [-0.39, 0.29) is 0 Å². The first-order valence-electron chi connectivity index (χ1n) is 9.56.